The maximum absolute atomic E-state index is 11.9. The first-order valence-corrected chi connectivity index (χ1v) is 8.68. The van der Waals surface area contributed by atoms with Crippen LogP contribution in [-0.2, 0) is 22.5 Å². The molecule has 1 aliphatic carbocycles. The van der Waals surface area contributed by atoms with Gasteiger partial charge in [0.05, 0.1) is 29.5 Å². The van der Waals surface area contributed by atoms with Crippen molar-refractivity contribution in [2.75, 3.05) is 11.9 Å². The summed E-state index contributed by atoms with van der Waals surface area (Å²) in [6.07, 6.45) is 1.73. The van der Waals surface area contributed by atoms with Gasteiger partial charge in [0.15, 0.2) is 5.13 Å². The number of aryl methyl sites for hydroxylation is 2. The number of aromatic nitrogens is 2. The normalized spacial score (nSPS) is 16.8. The van der Waals surface area contributed by atoms with E-state index in [4.69, 9.17) is 4.74 Å². The first-order valence-electron chi connectivity index (χ1n) is 6.98. The van der Waals surface area contributed by atoms with Crippen LogP contribution in [0.3, 0.4) is 0 Å². The summed E-state index contributed by atoms with van der Waals surface area (Å²) in [6.45, 7) is 4.91. The molecule has 2 aromatic heterocycles. The van der Waals surface area contributed by atoms with Gasteiger partial charge in [0.2, 0.25) is 0 Å². The van der Waals surface area contributed by atoms with Crippen molar-refractivity contribution < 1.29 is 9.53 Å². The fraction of sp³-hybridized carbons (Fsp3) is 0.500. The van der Waals surface area contributed by atoms with Crippen LogP contribution in [-0.4, -0.2) is 22.5 Å². The number of thiazole rings is 2. The van der Waals surface area contributed by atoms with E-state index in [2.05, 4.69) is 15.3 Å². The minimum absolute atomic E-state index is 0.150. The molecule has 2 heterocycles. The molecule has 2 aromatic rings. The number of hydrogen-bond donors (Lipinski definition) is 1. The summed E-state index contributed by atoms with van der Waals surface area (Å²) in [5.74, 6) is -0.337. The van der Waals surface area contributed by atoms with E-state index in [0.29, 0.717) is 13.2 Å². The standard InChI is InChI=1S/C14H17N3O2S2/c1-3-19-13(18)10-4-5-11-12(10)17-14(21-11)15-6-9-7-20-8(2)16-9/h7,10H,3-6H2,1-2H3,(H,15,17). The van der Waals surface area contributed by atoms with Crippen LogP contribution in [0.1, 0.15) is 40.5 Å². The molecule has 1 unspecified atom stereocenters. The summed E-state index contributed by atoms with van der Waals surface area (Å²) in [5.41, 5.74) is 1.92. The van der Waals surface area contributed by atoms with Crippen molar-refractivity contribution in [1.82, 2.24) is 9.97 Å². The first kappa shape index (κ1) is 14.5. The summed E-state index contributed by atoms with van der Waals surface area (Å²) in [5, 5.41) is 7.27. The molecule has 0 bridgehead atoms. The molecule has 112 valence electrons. The van der Waals surface area contributed by atoms with Crippen LogP contribution >= 0.6 is 22.7 Å². The Morgan fingerprint density at radius 3 is 3.10 bits per heavy atom. The van der Waals surface area contributed by atoms with Crippen LogP contribution in [0.2, 0.25) is 0 Å². The van der Waals surface area contributed by atoms with Crippen molar-refractivity contribution in [1.29, 1.82) is 0 Å². The number of fused-ring (bicyclic) bond motifs is 1. The highest BCUT2D eigenvalue weighted by Crippen LogP contribution is 2.39. The molecule has 0 saturated carbocycles. The first-order chi connectivity index (χ1) is 10.2. The van der Waals surface area contributed by atoms with Crippen molar-refractivity contribution in [2.24, 2.45) is 0 Å². The predicted octanol–water partition coefficient (Wildman–Crippen LogP) is 3.11. The summed E-state index contributed by atoms with van der Waals surface area (Å²) >= 11 is 3.28. The Morgan fingerprint density at radius 2 is 2.38 bits per heavy atom. The van der Waals surface area contributed by atoms with Crippen molar-refractivity contribution in [3.05, 3.63) is 26.7 Å². The average molecular weight is 323 g/mol. The number of hydrogen-bond acceptors (Lipinski definition) is 7. The molecule has 0 fully saturated rings. The Morgan fingerprint density at radius 1 is 1.52 bits per heavy atom. The number of rotatable bonds is 5. The van der Waals surface area contributed by atoms with Crippen molar-refractivity contribution in [3.8, 4) is 0 Å². The van der Waals surface area contributed by atoms with Crippen molar-refractivity contribution >= 4 is 33.8 Å². The van der Waals surface area contributed by atoms with E-state index in [-0.39, 0.29) is 11.9 Å². The predicted molar refractivity (Wildman–Crippen MR) is 84.0 cm³/mol. The molecule has 1 atom stereocenters. The van der Waals surface area contributed by atoms with E-state index >= 15 is 0 Å². The maximum atomic E-state index is 11.9. The van der Waals surface area contributed by atoms with Crippen molar-refractivity contribution in [3.63, 3.8) is 0 Å². The van der Waals surface area contributed by atoms with Crippen LogP contribution in [0.4, 0.5) is 5.13 Å². The molecule has 0 spiro atoms. The molecule has 3 rings (SSSR count). The van der Waals surface area contributed by atoms with E-state index in [1.54, 1.807) is 22.7 Å². The molecule has 1 N–H and O–H groups in total. The third-order valence-corrected chi connectivity index (χ3v) is 5.29. The zero-order valence-electron chi connectivity index (χ0n) is 12.0. The van der Waals surface area contributed by atoms with Gasteiger partial charge in [0.1, 0.15) is 5.92 Å². The highest BCUT2D eigenvalue weighted by Gasteiger charge is 2.33. The molecule has 1 aliphatic rings. The molecule has 0 saturated heterocycles. The van der Waals surface area contributed by atoms with Gasteiger partial charge in [-0.25, -0.2) is 9.97 Å². The van der Waals surface area contributed by atoms with Crippen LogP contribution in [0.25, 0.3) is 0 Å². The lowest BCUT2D eigenvalue weighted by Gasteiger charge is -2.07. The Kier molecular flexibility index (Phi) is 4.21. The summed E-state index contributed by atoms with van der Waals surface area (Å²) in [6, 6.07) is 0. The largest absolute Gasteiger partial charge is 0.465 e. The van der Waals surface area contributed by atoms with Gasteiger partial charge in [-0.1, -0.05) is 0 Å². The molecule has 0 amide bonds. The van der Waals surface area contributed by atoms with E-state index in [1.807, 2.05) is 19.2 Å². The number of nitrogens with one attached hydrogen (secondary N) is 1. The maximum Gasteiger partial charge on any atom is 0.315 e. The minimum atomic E-state index is -0.187. The second-order valence-electron chi connectivity index (χ2n) is 4.88. The lowest BCUT2D eigenvalue weighted by Crippen LogP contribution is -2.14. The fourth-order valence-electron chi connectivity index (χ4n) is 2.43. The van der Waals surface area contributed by atoms with Crippen LogP contribution in [0.5, 0.6) is 0 Å². The van der Waals surface area contributed by atoms with Gasteiger partial charge in [-0.15, -0.1) is 22.7 Å². The number of esters is 1. The fourth-order valence-corrected chi connectivity index (χ4v) is 4.08. The summed E-state index contributed by atoms with van der Waals surface area (Å²) in [7, 11) is 0. The summed E-state index contributed by atoms with van der Waals surface area (Å²) < 4.78 is 5.12. The number of ether oxygens (including phenoxy) is 1. The van der Waals surface area contributed by atoms with Gasteiger partial charge >= 0.3 is 5.97 Å². The van der Waals surface area contributed by atoms with E-state index in [1.165, 1.54) is 4.88 Å². The van der Waals surface area contributed by atoms with Gasteiger partial charge in [0.25, 0.3) is 0 Å². The smallest absolute Gasteiger partial charge is 0.315 e. The van der Waals surface area contributed by atoms with E-state index < -0.39 is 0 Å². The topological polar surface area (TPSA) is 64.1 Å². The molecule has 5 nitrogen and oxygen atoms in total. The van der Waals surface area contributed by atoms with Crippen LogP contribution in [0.15, 0.2) is 5.38 Å². The molecule has 0 aromatic carbocycles. The number of carbonyl (C=O) groups excluding carboxylic acids is 1. The monoisotopic (exact) mass is 323 g/mol. The number of carbonyl (C=O) groups is 1. The Bertz CT molecular complexity index is 650. The van der Waals surface area contributed by atoms with Crippen molar-refractivity contribution in [2.45, 2.75) is 39.2 Å². The number of nitrogens with zero attached hydrogens (tertiary/aromatic N) is 2. The SMILES string of the molecule is CCOC(=O)C1CCc2sc(NCc3csc(C)n3)nc21. The van der Waals surface area contributed by atoms with Gasteiger partial charge in [0, 0.05) is 10.3 Å². The molecular formula is C14H17N3O2S2. The van der Waals surface area contributed by atoms with E-state index in [0.717, 1.165) is 34.4 Å². The van der Waals surface area contributed by atoms with E-state index in [9.17, 15) is 4.79 Å². The third kappa shape index (κ3) is 3.08. The van der Waals surface area contributed by atoms with Gasteiger partial charge in [-0.3, -0.25) is 4.79 Å². The third-order valence-electron chi connectivity index (χ3n) is 3.38. The van der Waals surface area contributed by atoms with Gasteiger partial charge < -0.3 is 10.1 Å². The zero-order valence-corrected chi connectivity index (χ0v) is 13.6. The molecule has 21 heavy (non-hydrogen) atoms. The average Bonchev–Trinajstić information content (AvgIpc) is 3.11. The lowest BCUT2D eigenvalue weighted by molar-refractivity contribution is -0.145. The zero-order chi connectivity index (χ0) is 14.8. The van der Waals surface area contributed by atoms with Crippen LogP contribution in [0, 0.1) is 6.92 Å². The highest BCUT2D eigenvalue weighted by atomic mass is 32.1. The lowest BCUT2D eigenvalue weighted by atomic mass is 10.1. The Balaban J connectivity index is 1.67. The van der Waals surface area contributed by atoms with Gasteiger partial charge in [-0.2, -0.15) is 0 Å². The summed E-state index contributed by atoms with van der Waals surface area (Å²) in [4.78, 5) is 22.1. The molecule has 0 aliphatic heterocycles. The second kappa shape index (κ2) is 6.11. The number of anilines is 1. The minimum Gasteiger partial charge on any atom is -0.465 e. The quantitative estimate of drug-likeness (QED) is 0.857. The Labute approximate surface area is 131 Å². The van der Waals surface area contributed by atoms with Crippen LogP contribution < -0.4 is 5.32 Å². The Hall–Kier alpha value is -1.47. The highest BCUT2D eigenvalue weighted by molar-refractivity contribution is 7.15. The van der Waals surface area contributed by atoms with Gasteiger partial charge in [-0.05, 0) is 26.7 Å². The molecule has 0 radical (unpaired) electrons. The second-order valence-corrected chi connectivity index (χ2v) is 7.03. The molecule has 7 heteroatoms. The molecular weight excluding hydrogens is 306 g/mol.